The largest absolute Gasteiger partial charge is 0.469 e. The van der Waals surface area contributed by atoms with Gasteiger partial charge in [-0.25, -0.2) is 0 Å². The predicted octanol–water partition coefficient (Wildman–Crippen LogP) is 5.39. The van der Waals surface area contributed by atoms with Gasteiger partial charge >= 0.3 is 5.97 Å². The molecule has 0 aromatic heterocycles. The number of hydrogen-bond acceptors (Lipinski definition) is 5. The zero-order valence-electron chi connectivity index (χ0n) is 22.7. The second-order valence-electron chi connectivity index (χ2n) is 13.0. The second kappa shape index (κ2) is 9.13. The molecule has 5 heteroatoms. The van der Waals surface area contributed by atoms with Crippen molar-refractivity contribution in [3.63, 3.8) is 0 Å². The van der Waals surface area contributed by atoms with Gasteiger partial charge in [-0.05, 0) is 94.3 Å². The number of aliphatic hydroxyl groups is 2. The van der Waals surface area contributed by atoms with Crippen LogP contribution in [-0.2, 0) is 14.3 Å². The summed E-state index contributed by atoms with van der Waals surface area (Å²) in [7, 11) is 1.42. The van der Waals surface area contributed by atoms with Gasteiger partial charge in [-0.1, -0.05) is 38.5 Å². The summed E-state index contributed by atoms with van der Waals surface area (Å²) in [6.45, 7) is 14.6. The zero-order valence-corrected chi connectivity index (χ0v) is 22.7. The van der Waals surface area contributed by atoms with Crippen LogP contribution >= 0.6 is 0 Å². The van der Waals surface area contributed by atoms with Crippen molar-refractivity contribution in [1.29, 1.82) is 0 Å². The molecule has 0 amide bonds. The molecule has 9 atom stereocenters. The van der Waals surface area contributed by atoms with Crippen LogP contribution in [0.3, 0.4) is 0 Å². The van der Waals surface area contributed by atoms with Crippen LogP contribution in [0.5, 0.6) is 0 Å². The minimum atomic E-state index is -1.15. The first-order chi connectivity index (χ1) is 16.3. The molecule has 4 rings (SSSR count). The number of hydrogen-bond donors (Lipinski definition) is 2. The number of carbonyl (C=O) groups excluding carboxylic acids is 2. The van der Waals surface area contributed by atoms with Crippen molar-refractivity contribution in [2.75, 3.05) is 7.11 Å². The molecule has 0 aromatic rings. The molecular weight excluding hydrogens is 440 g/mol. The third kappa shape index (κ3) is 4.05. The lowest BCUT2D eigenvalue weighted by molar-refractivity contribution is -0.167. The number of ether oxygens (including phenoxy) is 1. The number of rotatable bonds is 6. The Balaban J connectivity index is 1.55. The Morgan fingerprint density at radius 2 is 1.86 bits per heavy atom. The van der Waals surface area contributed by atoms with Crippen molar-refractivity contribution in [3.05, 3.63) is 23.3 Å². The maximum atomic E-state index is 13.9. The highest BCUT2D eigenvalue weighted by molar-refractivity contribution is 5.99. The number of carbonyl (C=O) groups is 2. The van der Waals surface area contributed by atoms with Gasteiger partial charge in [0.25, 0.3) is 0 Å². The minimum absolute atomic E-state index is 0.0372. The number of ketones is 1. The minimum Gasteiger partial charge on any atom is -0.469 e. The van der Waals surface area contributed by atoms with Gasteiger partial charge in [0.1, 0.15) is 0 Å². The quantitative estimate of drug-likeness (QED) is 0.388. The molecule has 0 aromatic carbocycles. The van der Waals surface area contributed by atoms with E-state index in [-0.39, 0.29) is 34.4 Å². The number of methoxy groups -OCH3 is 1. The van der Waals surface area contributed by atoms with E-state index in [4.69, 9.17) is 4.74 Å². The highest BCUT2D eigenvalue weighted by Crippen LogP contribution is 2.66. The smallest absolute Gasteiger partial charge is 0.312 e. The number of Topliss-reactive ketones (excluding diaryl/α,β-unsaturated/α-hetero) is 1. The topological polar surface area (TPSA) is 83.8 Å². The second-order valence-corrected chi connectivity index (χ2v) is 13.0. The fraction of sp³-hybridized carbons (Fsp3) is 0.800. The Morgan fingerprint density at radius 1 is 1.17 bits per heavy atom. The third-order valence-electron chi connectivity index (χ3n) is 11.1. The highest BCUT2D eigenvalue weighted by Gasteiger charge is 2.62. The molecule has 0 saturated heterocycles. The van der Waals surface area contributed by atoms with Gasteiger partial charge in [-0.2, -0.15) is 0 Å². The average molecular weight is 487 g/mol. The van der Waals surface area contributed by atoms with E-state index < -0.39 is 11.7 Å². The first-order valence-corrected chi connectivity index (χ1v) is 13.7. The van der Waals surface area contributed by atoms with Gasteiger partial charge in [0.2, 0.25) is 0 Å². The molecule has 35 heavy (non-hydrogen) atoms. The molecule has 4 aliphatic carbocycles. The molecule has 0 radical (unpaired) electrons. The van der Waals surface area contributed by atoms with Crippen LogP contribution in [0.25, 0.3) is 0 Å². The molecular formula is C30H46O5. The molecule has 2 fully saturated rings. The van der Waals surface area contributed by atoms with E-state index >= 15 is 0 Å². The normalized spacial score (nSPS) is 42.6. The first-order valence-electron chi connectivity index (χ1n) is 13.7. The van der Waals surface area contributed by atoms with Crippen molar-refractivity contribution < 1.29 is 24.5 Å². The molecule has 5 nitrogen and oxygen atoms in total. The van der Waals surface area contributed by atoms with Crippen LogP contribution in [-0.4, -0.2) is 40.8 Å². The molecule has 4 aliphatic rings. The Kier molecular flexibility index (Phi) is 6.94. The summed E-state index contributed by atoms with van der Waals surface area (Å²) in [4.78, 5) is 25.8. The Morgan fingerprint density at radius 3 is 2.51 bits per heavy atom. The Labute approximate surface area is 211 Å². The van der Waals surface area contributed by atoms with Crippen LogP contribution in [0.1, 0.15) is 92.4 Å². The summed E-state index contributed by atoms with van der Waals surface area (Å²) < 4.78 is 4.88. The first kappa shape index (κ1) is 26.6. The van der Waals surface area contributed by atoms with E-state index in [1.807, 2.05) is 6.92 Å². The number of allylic oxidation sites excluding steroid dienone is 2. The Bertz CT molecular complexity index is 931. The lowest BCUT2D eigenvalue weighted by Crippen LogP contribution is -2.60. The summed E-state index contributed by atoms with van der Waals surface area (Å²) in [6, 6.07) is 0. The lowest BCUT2D eigenvalue weighted by Gasteiger charge is -2.58. The Hall–Kier alpha value is -1.46. The van der Waals surface area contributed by atoms with Gasteiger partial charge in [0, 0.05) is 17.4 Å². The van der Waals surface area contributed by atoms with Gasteiger partial charge in [-0.3, -0.25) is 9.59 Å². The molecule has 2 saturated carbocycles. The van der Waals surface area contributed by atoms with E-state index in [0.717, 1.165) is 56.1 Å². The van der Waals surface area contributed by atoms with E-state index in [2.05, 4.69) is 27.4 Å². The van der Waals surface area contributed by atoms with E-state index in [9.17, 15) is 19.8 Å². The molecule has 3 unspecified atom stereocenters. The van der Waals surface area contributed by atoms with Crippen molar-refractivity contribution in [3.8, 4) is 0 Å². The molecule has 0 aliphatic heterocycles. The zero-order chi connectivity index (χ0) is 25.9. The lowest BCUT2D eigenvalue weighted by atomic mass is 9.47. The summed E-state index contributed by atoms with van der Waals surface area (Å²) in [5.74, 6) is 1.02. The van der Waals surface area contributed by atoms with Crippen molar-refractivity contribution in [2.24, 2.45) is 40.4 Å². The highest BCUT2D eigenvalue weighted by atomic mass is 16.5. The van der Waals surface area contributed by atoms with Crippen LogP contribution in [0, 0.1) is 40.4 Å². The SMILES string of the molecule is C=C(CC[C@@H](C)[C@H]1CC[C@H]2C3=C(C(=O)C[C@]12C)[C@@]1(C)CCC(O)[C@](C)(O)C1CC3)C(C)C(=O)OC. The van der Waals surface area contributed by atoms with Crippen LogP contribution in [0.15, 0.2) is 23.3 Å². The van der Waals surface area contributed by atoms with Gasteiger partial charge in [0.05, 0.1) is 24.7 Å². The van der Waals surface area contributed by atoms with Gasteiger partial charge in [0.15, 0.2) is 5.78 Å². The maximum Gasteiger partial charge on any atom is 0.312 e. The third-order valence-corrected chi connectivity index (χ3v) is 11.1. The van der Waals surface area contributed by atoms with Gasteiger partial charge in [-0.15, -0.1) is 0 Å². The van der Waals surface area contributed by atoms with Crippen LogP contribution in [0.2, 0.25) is 0 Å². The predicted molar refractivity (Wildman–Crippen MR) is 136 cm³/mol. The molecule has 2 N–H and O–H groups in total. The number of fused-ring (bicyclic) bond motifs is 4. The van der Waals surface area contributed by atoms with Crippen molar-refractivity contribution in [1.82, 2.24) is 0 Å². The number of aliphatic hydroxyl groups excluding tert-OH is 1. The summed E-state index contributed by atoms with van der Waals surface area (Å²) in [6.07, 6.45) is 6.88. The molecule has 196 valence electrons. The molecule has 0 spiro atoms. The molecule has 0 bridgehead atoms. The summed E-state index contributed by atoms with van der Waals surface area (Å²) in [5, 5.41) is 21.7. The molecule has 0 heterocycles. The van der Waals surface area contributed by atoms with Crippen molar-refractivity contribution >= 4 is 11.8 Å². The standard InChI is InChI=1S/C30H46O5/c1-17(19(3)27(33)35-7)8-9-18(2)21-11-12-22-20-10-13-24-28(4,15-14-25(32)30(24,6)34)26(20)23(31)16-29(21,22)5/h18-19,21-22,24-25,32,34H,1,8-16H2,2-7H3/t18-,19?,21-,22+,24?,25?,28+,29-,30-/m1/s1. The maximum absolute atomic E-state index is 13.9. The summed E-state index contributed by atoms with van der Waals surface area (Å²) in [5.41, 5.74) is 1.77. The monoisotopic (exact) mass is 486 g/mol. The van der Waals surface area contributed by atoms with E-state index in [1.165, 1.54) is 12.7 Å². The van der Waals surface area contributed by atoms with Gasteiger partial charge < -0.3 is 14.9 Å². The fourth-order valence-electron chi connectivity index (χ4n) is 8.96. The van der Waals surface area contributed by atoms with Crippen LogP contribution in [0.4, 0.5) is 0 Å². The van der Waals surface area contributed by atoms with E-state index in [1.54, 1.807) is 6.92 Å². The van der Waals surface area contributed by atoms with E-state index in [0.29, 0.717) is 30.6 Å². The van der Waals surface area contributed by atoms with Crippen LogP contribution < -0.4 is 0 Å². The summed E-state index contributed by atoms with van der Waals surface area (Å²) >= 11 is 0. The number of esters is 1. The fourth-order valence-corrected chi connectivity index (χ4v) is 8.96. The van der Waals surface area contributed by atoms with Crippen molar-refractivity contribution in [2.45, 2.75) is 104 Å². The average Bonchev–Trinajstić information content (AvgIpc) is 3.15.